The van der Waals surface area contributed by atoms with Crippen molar-refractivity contribution >= 4 is 28.8 Å². The Morgan fingerprint density at radius 1 is 0.964 bits per heavy atom. The summed E-state index contributed by atoms with van der Waals surface area (Å²) in [5.74, 6) is -0.416. The van der Waals surface area contributed by atoms with Gasteiger partial charge in [-0.15, -0.1) is 11.3 Å². The first-order valence-electron chi connectivity index (χ1n) is 9.06. The van der Waals surface area contributed by atoms with Crippen molar-refractivity contribution in [2.24, 2.45) is 5.73 Å². The maximum Gasteiger partial charge on any atom is 0.266 e. The molecule has 0 bridgehead atoms. The van der Waals surface area contributed by atoms with Gasteiger partial charge in [-0.05, 0) is 18.2 Å². The molecule has 0 radical (unpaired) electrons. The van der Waals surface area contributed by atoms with Crippen LogP contribution in [0, 0.1) is 0 Å². The van der Waals surface area contributed by atoms with Gasteiger partial charge >= 0.3 is 0 Å². The number of nitrogens with two attached hydrogens (primary N) is 1. The molecule has 1 aliphatic heterocycles. The molecule has 1 saturated heterocycles. The Bertz CT molecular complexity index is 994. The Hall–Kier alpha value is -3.19. The van der Waals surface area contributed by atoms with Crippen molar-refractivity contribution in [1.82, 2.24) is 9.88 Å². The number of primary amides is 1. The molecule has 2 amide bonds. The van der Waals surface area contributed by atoms with E-state index in [-0.39, 0.29) is 5.91 Å². The lowest BCUT2D eigenvalue weighted by Gasteiger charge is -2.36. The smallest absolute Gasteiger partial charge is 0.266 e. The number of benzene rings is 2. The minimum atomic E-state index is -0.436. The molecule has 4 rings (SSSR count). The van der Waals surface area contributed by atoms with Crippen LogP contribution in [0.5, 0.6) is 0 Å². The van der Waals surface area contributed by atoms with Gasteiger partial charge in [0.1, 0.15) is 4.88 Å². The fourth-order valence-corrected chi connectivity index (χ4v) is 4.14. The number of anilines is 1. The van der Waals surface area contributed by atoms with Gasteiger partial charge in [-0.3, -0.25) is 9.59 Å². The molecule has 28 heavy (non-hydrogen) atoms. The van der Waals surface area contributed by atoms with Crippen LogP contribution in [0.2, 0.25) is 0 Å². The van der Waals surface area contributed by atoms with E-state index in [1.165, 1.54) is 11.3 Å². The van der Waals surface area contributed by atoms with Crippen molar-refractivity contribution in [2.45, 2.75) is 0 Å². The quantitative estimate of drug-likeness (QED) is 0.740. The van der Waals surface area contributed by atoms with Crippen molar-refractivity contribution in [3.63, 3.8) is 0 Å². The molecule has 1 fully saturated rings. The van der Waals surface area contributed by atoms with E-state index in [1.54, 1.807) is 17.6 Å². The molecule has 0 spiro atoms. The summed E-state index contributed by atoms with van der Waals surface area (Å²) in [6, 6.07) is 17.1. The molecule has 0 unspecified atom stereocenters. The monoisotopic (exact) mass is 392 g/mol. The van der Waals surface area contributed by atoms with Gasteiger partial charge < -0.3 is 15.5 Å². The average Bonchev–Trinajstić information content (AvgIpc) is 3.24. The number of nitrogens with zero attached hydrogens (tertiary/aromatic N) is 3. The summed E-state index contributed by atoms with van der Waals surface area (Å²) in [6.07, 6.45) is 0. The van der Waals surface area contributed by atoms with Crippen LogP contribution in [0.4, 0.5) is 5.69 Å². The molecular weight excluding hydrogens is 372 g/mol. The predicted octanol–water partition coefficient (Wildman–Crippen LogP) is 2.87. The molecule has 2 aromatic carbocycles. The number of rotatable bonds is 4. The van der Waals surface area contributed by atoms with Crippen LogP contribution in [0.1, 0.15) is 20.0 Å². The summed E-state index contributed by atoms with van der Waals surface area (Å²) in [7, 11) is 0. The first kappa shape index (κ1) is 18.2. The van der Waals surface area contributed by atoms with E-state index < -0.39 is 5.91 Å². The molecule has 6 nitrogen and oxygen atoms in total. The standard InChI is InChI=1S/C21H20N4O2S/c22-20(26)16-7-4-8-17(13-16)24-9-11-25(12-10-24)21(27)19-18(23-14-28-19)15-5-2-1-3-6-15/h1-8,13-14H,9-12H2,(H2,22,26). The largest absolute Gasteiger partial charge is 0.368 e. The third-order valence-electron chi connectivity index (χ3n) is 4.87. The molecule has 1 aromatic heterocycles. The second kappa shape index (κ2) is 7.82. The van der Waals surface area contributed by atoms with E-state index in [1.807, 2.05) is 47.4 Å². The van der Waals surface area contributed by atoms with Gasteiger partial charge in [-0.1, -0.05) is 36.4 Å². The van der Waals surface area contributed by atoms with E-state index in [0.717, 1.165) is 16.9 Å². The molecule has 0 aliphatic carbocycles. The van der Waals surface area contributed by atoms with Crippen molar-refractivity contribution in [1.29, 1.82) is 0 Å². The van der Waals surface area contributed by atoms with Crippen molar-refractivity contribution in [3.05, 3.63) is 70.5 Å². The lowest BCUT2D eigenvalue weighted by Crippen LogP contribution is -2.48. The van der Waals surface area contributed by atoms with Crippen LogP contribution < -0.4 is 10.6 Å². The first-order chi connectivity index (χ1) is 13.6. The zero-order valence-corrected chi connectivity index (χ0v) is 16.1. The van der Waals surface area contributed by atoms with Gasteiger partial charge in [0, 0.05) is 43.0 Å². The Morgan fingerprint density at radius 2 is 1.71 bits per heavy atom. The maximum absolute atomic E-state index is 13.1. The zero-order valence-electron chi connectivity index (χ0n) is 15.2. The predicted molar refractivity (Wildman–Crippen MR) is 111 cm³/mol. The minimum absolute atomic E-state index is 0.0203. The lowest BCUT2D eigenvalue weighted by atomic mass is 10.1. The Labute approximate surface area is 167 Å². The van der Waals surface area contributed by atoms with Crippen molar-refractivity contribution < 1.29 is 9.59 Å². The van der Waals surface area contributed by atoms with Crippen LogP contribution >= 0.6 is 11.3 Å². The topological polar surface area (TPSA) is 79.5 Å². The van der Waals surface area contributed by atoms with E-state index >= 15 is 0 Å². The fourth-order valence-electron chi connectivity index (χ4n) is 3.37. The highest BCUT2D eigenvalue weighted by molar-refractivity contribution is 7.12. The highest BCUT2D eigenvalue weighted by atomic mass is 32.1. The van der Waals surface area contributed by atoms with E-state index in [0.29, 0.717) is 36.6 Å². The highest BCUT2D eigenvalue weighted by Crippen LogP contribution is 2.27. The van der Waals surface area contributed by atoms with Gasteiger partial charge in [0.05, 0.1) is 11.2 Å². The third kappa shape index (κ3) is 3.61. The second-order valence-electron chi connectivity index (χ2n) is 6.59. The zero-order chi connectivity index (χ0) is 19.5. The molecule has 142 valence electrons. The normalized spacial score (nSPS) is 14.1. The van der Waals surface area contributed by atoms with Gasteiger partial charge in [-0.25, -0.2) is 4.98 Å². The number of carbonyl (C=O) groups is 2. The van der Waals surface area contributed by atoms with Gasteiger partial charge in [0.2, 0.25) is 5.91 Å². The lowest BCUT2D eigenvalue weighted by molar-refractivity contribution is 0.0752. The summed E-state index contributed by atoms with van der Waals surface area (Å²) >= 11 is 1.38. The number of carbonyl (C=O) groups excluding carboxylic acids is 2. The SMILES string of the molecule is NC(=O)c1cccc(N2CCN(C(=O)c3scnc3-c3ccccc3)CC2)c1. The highest BCUT2D eigenvalue weighted by Gasteiger charge is 2.26. The Morgan fingerprint density at radius 3 is 2.43 bits per heavy atom. The summed E-state index contributed by atoms with van der Waals surface area (Å²) in [4.78, 5) is 33.6. The Balaban J connectivity index is 1.46. The van der Waals surface area contributed by atoms with Gasteiger partial charge in [-0.2, -0.15) is 0 Å². The van der Waals surface area contributed by atoms with E-state index in [4.69, 9.17) is 5.73 Å². The fraction of sp³-hybridized carbons (Fsp3) is 0.190. The van der Waals surface area contributed by atoms with Crippen LogP contribution in [0.25, 0.3) is 11.3 Å². The van der Waals surface area contributed by atoms with Crippen LogP contribution in [0.3, 0.4) is 0 Å². The first-order valence-corrected chi connectivity index (χ1v) is 9.94. The number of thiazole rings is 1. The average molecular weight is 392 g/mol. The molecule has 0 saturated carbocycles. The van der Waals surface area contributed by atoms with Gasteiger partial charge in [0.25, 0.3) is 5.91 Å². The van der Waals surface area contributed by atoms with E-state index in [2.05, 4.69) is 9.88 Å². The second-order valence-corrected chi connectivity index (χ2v) is 7.44. The summed E-state index contributed by atoms with van der Waals surface area (Å²) in [5, 5.41) is 0. The molecule has 2 N–H and O–H groups in total. The molecule has 1 aliphatic rings. The molecule has 0 atom stereocenters. The van der Waals surface area contributed by atoms with Crippen molar-refractivity contribution in [2.75, 3.05) is 31.1 Å². The summed E-state index contributed by atoms with van der Waals surface area (Å²) < 4.78 is 0. The molecular formula is C21H20N4O2S. The van der Waals surface area contributed by atoms with Crippen LogP contribution in [-0.4, -0.2) is 47.9 Å². The molecule has 3 aromatic rings. The Kier molecular flexibility index (Phi) is 5.08. The number of hydrogen-bond donors (Lipinski definition) is 1. The van der Waals surface area contributed by atoms with Crippen molar-refractivity contribution in [3.8, 4) is 11.3 Å². The van der Waals surface area contributed by atoms with Crippen LogP contribution in [0.15, 0.2) is 60.1 Å². The summed E-state index contributed by atoms with van der Waals surface area (Å²) in [5.41, 5.74) is 10.2. The third-order valence-corrected chi connectivity index (χ3v) is 5.69. The number of aromatic nitrogens is 1. The van der Waals surface area contributed by atoms with Gasteiger partial charge in [0.15, 0.2) is 0 Å². The van der Waals surface area contributed by atoms with Crippen LogP contribution in [-0.2, 0) is 0 Å². The number of hydrogen-bond acceptors (Lipinski definition) is 5. The number of amides is 2. The number of piperazine rings is 1. The summed E-state index contributed by atoms with van der Waals surface area (Å²) in [6.45, 7) is 2.64. The maximum atomic E-state index is 13.1. The minimum Gasteiger partial charge on any atom is -0.368 e. The molecule has 2 heterocycles. The molecule has 7 heteroatoms. The van der Waals surface area contributed by atoms with E-state index in [9.17, 15) is 9.59 Å².